The monoisotopic (exact) mass is 458 g/mol. The largest absolute Gasteiger partial charge is 0.495 e. The van der Waals surface area contributed by atoms with Gasteiger partial charge >= 0.3 is 0 Å². The molecule has 31 heavy (non-hydrogen) atoms. The zero-order valence-corrected chi connectivity index (χ0v) is 18.7. The molecule has 0 saturated heterocycles. The first-order valence-corrected chi connectivity index (χ1v) is 11.4. The highest BCUT2D eigenvalue weighted by Crippen LogP contribution is 2.28. The molecule has 0 aliphatic carbocycles. The Hall–Kier alpha value is -2.87. The molecule has 2 N–H and O–H groups in total. The van der Waals surface area contributed by atoms with Crippen LogP contribution in [0, 0.1) is 6.92 Å². The van der Waals surface area contributed by atoms with Gasteiger partial charge in [0.1, 0.15) is 11.8 Å². The summed E-state index contributed by atoms with van der Waals surface area (Å²) in [6.45, 7) is 1.87. The Balaban J connectivity index is 1.90. The number of anilines is 1. The minimum absolute atomic E-state index is 0.0873. The lowest BCUT2D eigenvalue weighted by molar-refractivity contribution is -0.117. The minimum Gasteiger partial charge on any atom is -0.495 e. The lowest BCUT2D eigenvalue weighted by Crippen LogP contribution is -2.45. The van der Waals surface area contributed by atoms with Crippen LogP contribution >= 0.6 is 11.6 Å². The molecule has 0 heterocycles. The van der Waals surface area contributed by atoms with Crippen LogP contribution in [0.25, 0.3) is 0 Å². The lowest BCUT2D eigenvalue weighted by Gasteiger charge is -2.20. The standard InChI is InChI=1S/C23H23ClN2O4S/c1-16-8-11-19(12-9-16)31(28,29)26-21(14-17-6-4-3-5-7-17)23(27)25-20-15-18(24)10-13-22(20)30-2/h3-13,15,21,26H,14H2,1-2H3,(H,25,27)/t21-/m1/s1. The second-order valence-electron chi connectivity index (χ2n) is 7.01. The van der Waals surface area contributed by atoms with E-state index in [-0.39, 0.29) is 11.3 Å². The van der Waals surface area contributed by atoms with Crippen LogP contribution < -0.4 is 14.8 Å². The Kier molecular flexibility index (Phi) is 7.33. The molecule has 0 saturated carbocycles. The zero-order chi connectivity index (χ0) is 22.4. The SMILES string of the molecule is COc1ccc(Cl)cc1NC(=O)[C@@H](Cc1ccccc1)NS(=O)(=O)c1ccc(C)cc1. The fraction of sp³-hybridized carbons (Fsp3) is 0.174. The van der Waals surface area contributed by atoms with E-state index in [1.165, 1.54) is 19.2 Å². The Labute approximate surface area is 187 Å². The predicted octanol–water partition coefficient (Wildman–Crippen LogP) is 4.19. The quantitative estimate of drug-likeness (QED) is 0.530. The van der Waals surface area contributed by atoms with E-state index in [9.17, 15) is 13.2 Å². The summed E-state index contributed by atoms with van der Waals surface area (Å²) in [7, 11) is -2.45. The zero-order valence-electron chi connectivity index (χ0n) is 17.1. The van der Waals surface area contributed by atoms with Gasteiger partial charge in [-0.15, -0.1) is 0 Å². The number of benzene rings is 3. The van der Waals surface area contributed by atoms with Crippen molar-refractivity contribution < 1.29 is 17.9 Å². The molecule has 6 nitrogen and oxygen atoms in total. The van der Waals surface area contributed by atoms with Crippen molar-refractivity contribution in [1.29, 1.82) is 0 Å². The first-order valence-electron chi connectivity index (χ1n) is 9.56. The van der Waals surface area contributed by atoms with Gasteiger partial charge in [-0.2, -0.15) is 4.72 Å². The third-order valence-corrected chi connectivity index (χ3v) is 6.37. The Morgan fingerprint density at radius 3 is 2.35 bits per heavy atom. The maximum absolute atomic E-state index is 13.1. The summed E-state index contributed by atoms with van der Waals surface area (Å²) in [6.07, 6.45) is 0.167. The highest BCUT2D eigenvalue weighted by Gasteiger charge is 2.27. The van der Waals surface area contributed by atoms with E-state index in [0.717, 1.165) is 11.1 Å². The molecule has 0 fully saturated rings. The van der Waals surface area contributed by atoms with Gasteiger partial charge in [0.05, 0.1) is 17.7 Å². The molecule has 0 spiro atoms. The van der Waals surface area contributed by atoms with E-state index in [1.54, 1.807) is 30.3 Å². The first kappa shape index (κ1) is 22.8. The number of hydrogen-bond donors (Lipinski definition) is 2. The summed E-state index contributed by atoms with van der Waals surface area (Å²) in [5, 5.41) is 3.14. The average Bonchev–Trinajstić information content (AvgIpc) is 2.74. The van der Waals surface area contributed by atoms with E-state index in [0.29, 0.717) is 16.5 Å². The molecule has 1 atom stereocenters. The molecular formula is C23H23ClN2O4S. The van der Waals surface area contributed by atoms with Gasteiger partial charge in [-0.3, -0.25) is 4.79 Å². The molecule has 0 radical (unpaired) electrons. The third kappa shape index (κ3) is 6.07. The van der Waals surface area contributed by atoms with E-state index < -0.39 is 22.0 Å². The highest BCUT2D eigenvalue weighted by atomic mass is 35.5. The molecule has 0 aliphatic heterocycles. The molecule has 162 valence electrons. The van der Waals surface area contributed by atoms with Crippen LogP contribution in [-0.4, -0.2) is 27.5 Å². The number of carbonyl (C=O) groups is 1. The number of methoxy groups -OCH3 is 1. The minimum atomic E-state index is -3.93. The number of ether oxygens (including phenoxy) is 1. The summed E-state index contributed by atoms with van der Waals surface area (Å²) < 4.78 is 33.7. The predicted molar refractivity (Wildman–Crippen MR) is 122 cm³/mol. The summed E-state index contributed by atoms with van der Waals surface area (Å²) in [4.78, 5) is 13.2. The third-order valence-electron chi connectivity index (χ3n) is 4.65. The van der Waals surface area contributed by atoms with Crippen LogP contribution in [-0.2, 0) is 21.2 Å². The highest BCUT2D eigenvalue weighted by molar-refractivity contribution is 7.89. The number of aryl methyl sites for hydroxylation is 1. The van der Waals surface area contributed by atoms with Gasteiger partial charge < -0.3 is 10.1 Å². The van der Waals surface area contributed by atoms with Crippen LogP contribution in [0.1, 0.15) is 11.1 Å². The number of rotatable bonds is 8. The molecule has 8 heteroatoms. The second-order valence-corrected chi connectivity index (χ2v) is 9.16. The fourth-order valence-electron chi connectivity index (χ4n) is 3.01. The van der Waals surface area contributed by atoms with Crippen molar-refractivity contribution in [2.45, 2.75) is 24.3 Å². The van der Waals surface area contributed by atoms with Crippen molar-refractivity contribution in [2.75, 3.05) is 12.4 Å². The van der Waals surface area contributed by atoms with E-state index >= 15 is 0 Å². The number of hydrogen-bond acceptors (Lipinski definition) is 4. The van der Waals surface area contributed by atoms with E-state index in [1.807, 2.05) is 37.3 Å². The van der Waals surface area contributed by atoms with Crippen molar-refractivity contribution in [2.24, 2.45) is 0 Å². The Bertz CT molecular complexity index is 1150. The van der Waals surface area contributed by atoms with Gasteiger partial charge in [0.25, 0.3) is 0 Å². The Morgan fingerprint density at radius 1 is 1.03 bits per heavy atom. The van der Waals surface area contributed by atoms with Crippen LogP contribution in [0.15, 0.2) is 77.7 Å². The molecule has 3 aromatic carbocycles. The fourth-order valence-corrected chi connectivity index (χ4v) is 4.38. The molecule has 3 rings (SSSR count). The first-order chi connectivity index (χ1) is 14.8. The summed E-state index contributed by atoms with van der Waals surface area (Å²) in [6, 6.07) is 19.4. The molecule has 0 aliphatic rings. The summed E-state index contributed by atoms with van der Waals surface area (Å²) in [5.41, 5.74) is 2.10. The van der Waals surface area contributed by atoms with E-state index in [4.69, 9.17) is 16.3 Å². The topological polar surface area (TPSA) is 84.5 Å². The number of sulfonamides is 1. The van der Waals surface area contributed by atoms with Crippen molar-refractivity contribution >= 4 is 33.2 Å². The van der Waals surface area contributed by atoms with Crippen LogP contribution in [0.5, 0.6) is 5.75 Å². The lowest BCUT2D eigenvalue weighted by atomic mass is 10.1. The Morgan fingerprint density at radius 2 is 1.71 bits per heavy atom. The van der Waals surface area contributed by atoms with E-state index in [2.05, 4.69) is 10.0 Å². The summed E-state index contributed by atoms with van der Waals surface area (Å²) in [5.74, 6) is -0.113. The normalized spacial score (nSPS) is 12.2. The number of amides is 1. The molecule has 0 aromatic heterocycles. The van der Waals surface area contributed by atoms with Crippen molar-refractivity contribution in [3.8, 4) is 5.75 Å². The maximum Gasteiger partial charge on any atom is 0.243 e. The van der Waals surface area contributed by atoms with Crippen molar-refractivity contribution in [3.05, 3.63) is 88.9 Å². The van der Waals surface area contributed by atoms with Gasteiger partial charge in [-0.05, 0) is 49.2 Å². The average molecular weight is 459 g/mol. The van der Waals surface area contributed by atoms with Gasteiger partial charge in [0, 0.05) is 5.02 Å². The summed E-state index contributed by atoms with van der Waals surface area (Å²) >= 11 is 6.05. The molecule has 0 bridgehead atoms. The number of nitrogens with one attached hydrogen (secondary N) is 2. The maximum atomic E-state index is 13.1. The smallest absolute Gasteiger partial charge is 0.243 e. The van der Waals surface area contributed by atoms with Crippen LogP contribution in [0.2, 0.25) is 5.02 Å². The van der Waals surface area contributed by atoms with Gasteiger partial charge in [-0.1, -0.05) is 59.6 Å². The molecule has 3 aromatic rings. The van der Waals surface area contributed by atoms with Crippen molar-refractivity contribution in [1.82, 2.24) is 4.72 Å². The molecular weight excluding hydrogens is 436 g/mol. The van der Waals surface area contributed by atoms with Gasteiger partial charge in [0.2, 0.25) is 15.9 Å². The molecule has 0 unspecified atom stereocenters. The molecule has 1 amide bonds. The number of carbonyl (C=O) groups excluding carboxylic acids is 1. The van der Waals surface area contributed by atoms with Gasteiger partial charge in [0.15, 0.2) is 0 Å². The van der Waals surface area contributed by atoms with Gasteiger partial charge in [-0.25, -0.2) is 8.42 Å². The second kappa shape index (κ2) is 9.96. The number of halogens is 1. The van der Waals surface area contributed by atoms with Crippen LogP contribution in [0.4, 0.5) is 5.69 Å². The van der Waals surface area contributed by atoms with Crippen LogP contribution in [0.3, 0.4) is 0 Å². The van der Waals surface area contributed by atoms with Crippen molar-refractivity contribution in [3.63, 3.8) is 0 Å².